The van der Waals surface area contributed by atoms with Crippen LogP contribution in [0.2, 0.25) is 0 Å². The van der Waals surface area contributed by atoms with Crippen molar-refractivity contribution in [2.24, 2.45) is 0 Å². The third-order valence-corrected chi connectivity index (χ3v) is 6.84. The average molecular weight is 556 g/mol. The summed E-state index contributed by atoms with van der Waals surface area (Å²) in [5.41, 5.74) is 4.59. The Labute approximate surface area is 232 Å². The molecule has 12 heteroatoms. The fraction of sp³-hybridized carbons (Fsp3) is 0.207. The van der Waals surface area contributed by atoms with Gasteiger partial charge in [0.1, 0.15) is 22.3 Å². The van der Waals surface area contributed by atoms with Crippen LogP contribution in [0.15, 0.2) is 73.0 Å². The van der Waals surface area contributed by atoms with Crippen LogP contribution < -0.4 is 26.9 Å². The number of benzene rings is 2. The van der Waals surface area contributed by atoms with Crippen molar-refractivity contribution in [2.75, 3.05) is 31.2 Å². The van der Waals surface area contributed by atoms with E-state index in [-0.39, 0.29) is 28.0 Å². The molecule has 4 heterocycles. The van der Waals surface area contributed by atoms with Gasteiger partial charge in [0.2, 0.25) is 11.7 Å². The van der Waals surface area contributed by atoms with Crippen molar-refractivity contribution in [3.05, 3.63) is 97.8 Å². The maximum absolute atomic E-state index is 14.1. The Hall–Kier alpha value is -5.23. The van der Waals surface area contributed by atoms with E-state index in [2.05, 4.69) is 15.8 Å². The van der Waals surface area contributed by atoms with Gasteiger partial charge in [0.05, 0.1) is 24.5 Å². The van der Waals surface area contributed by atoms with E-state index >= 15 is 0 Å². The number of hydrogen-bond acceptors (Lipinski definition) is 9. The van der Waals surface area contributed by atoms with Crippen molar-refractivity contribution in [1.82, 2.24) is 20.4 Å². The summed E-state index contributed by atoms with van der Waals surface area (Å²) >= 11 is 0. The molecule has 208 valence electrons. The predicted octanol–water partition coefficient (Wildman–Crippen LogP) is 2.61. The van der Waals surface area contributed by atoms with Gasteiger partial charge in [0.25, 0.3) is 17.4 Å². The Morgan fingerprint density at radius 3 is 2.44 bits per heavy atom. The summed E-state index contributed by atoms with van der Waals surface area (Å²) in [5, 5.41) is 0.497. The van der Waals surface area contributed by atoms with Crippen LogP contribution in [0.25, 0.3) is 27.8 Å². The summed E-state index contributed by atoms with van der Waals surface area (Å²) in [6, 6.07) is 15.5. The second-order valence-electron chi connectivity index (χ2n) is 9.60. The second kappa shape index (κ2) is 10.4. The SMILES string of the molecule is Cc1cccc(-n2c(N3CCOCC3)nc3oc(C)c(C(=O)NNC(=O)c4cc5ccccc5oc4=O)c3c2=O)c1. The van der Waals surface area contributed by atoms with Gasteiger partial charge >= 0.3 is 5.63 Å². The molecular formula is C29H25N5O7. The summed E-state index contributed by atoms with van der Waals surface area (Å²) in [7, 11) is 0. The standard InChI is InChI=1S/C29H25N5O7/c1-16-6-5-8-19(14-16)34-27(37)23-22(17(2)40-26(23)30-29(34)33-10-12-39-13-11-33)25(36)32-31-24(35)20-15-18-7-3-4-9-21(18)41-28(20)38/h3-9,14-15H,10-13H2,1-2H3,(H,31,35)(H,32,36). The molecule has 6 rings (SSSR count). The molecule has 1 fully saturated rings. The van der Waals surface area contributed by atoms with E-state index in [0.29, 0.717) is 48.9 Å². The number of hydrazine groups is 1. The summed E-state index contributed by atoms with van der Waals surface area (Å²) in [5.74, 6) is -1.19. The smallest absolute Gasteiger partial charge is 0.349 e. The molecule has 3 aromatic heterocycles. The highest BCUT2D eigenvalue weighted by atomic mass is 16.5. The van der Waals surface area contributed by atoms with E-state index in [4.69, 9.17) is 13.6 Å². The topological polar surface area (TPSA) is 149 Å². The minimum Gasteiger partial charge on any atom is -0.442 e. The molecule has 1 saturated heterocycles. The molecule has 41 heavy (non-hydrogen) atoms. The van der Waals surface area contributed by atoms with Gasteiger partial charge in [-0.1, -0.05) is 30.3 Å². The van der Waals surface area contributed by atoms with Crippen LogP contribution >= 0.6 is 0 Å². The first kappa shape index (κ1) is 26.0. The number of aromatic nitrogens is 2. The number of anilines is 1. The zero-order valence-electron chi connectivity index (χ0n) is 22.2. The van der Waals surface area contributed by atoms with Crippen molar-refractivity contribution < 1.29 is 23.2 Å². The van der Waals surface area contributed by atoms with E-state index in [1.54, 1.807) is 30.3 Å². The van der Waals surface area contributed by atoms with Crippen LogP contribution in [-0.2, 0) is 4.74 Å². The van der Waals surface area contributed by atoms with Crippen molar-refractivity contribution in [1.29, 1.82) is 0 Å². The summed E-state index contributed by atoms with van der Waals surface area (Å²) in [4.78, 5) is 59.1. The lowest BCUT2D eigenvalue weighted by Crippen LogP contribution is -2.43. The minimum absolute atomic E-state index is 0.00968. The lowest BCUT2D eigenvalue weighted by atomic mass is 10.1. The van der Waals surface area contributed by atoms with E-state index < -0.39 is 23.0 Å². The summed E-state index contributed by atoms with van der Waals surface area (Å²) in [6.07, 6.45) is 0. The van der Waals surface area contributed by atoms with Gasteiger partial charge in [0, 0.05) is 18.5 Å². The molecule has 0 saturated carbocycles. The molecule has 2 aromatic carbocycles. The number of carbonyl (C=O) groups is 2. The number of fused-ring (bicyclic) bond motifs is 2. The van der Waals surface area contributed by atoms with Crippen LogP contribution in [0.1, 0.15) is 32.0 Å². The number of rotatable bonds is 4. The third kappa shape index (κ3) is 4.74. The maximum atomic E-state index is 14.1. The Bertz CT molecular complexity index is 1950. The number of para-hydroxylation sites is 1. The molecule has 0 aliphatic carbocycles. The van der Waals surface area contributed by atoms with E-state index in [0.717, 1.165) is 5.56 Å². The Morgan fingerprint density at radius 2 is 1.66 bits per heavy atom. The van der Waals surface area contributed by atoms with Crippen LogP contribution in [0.4, 0.5) is 5.95 Å². The third-order valence-electron chi connectivity index (χ3n) is 6.84. The number of carbonyl (C=O) groups excluding carboxylic acids is 2. The molecule has 2 N–H and O–H groups in total. The van der Waals surface area contributed by atoms with E-state index in [1.165, 1.54) is 17.6 Å². The summed E-state index contributed by atoms with van der Waals surface area (Å²) in [6.45, 7) is 5.43. The average Bonchev–Trinajstić information content (AvgIpc) is 3.31. The normalized spacial score (nSPS) is 13.5. The predicted molar refractivity (Wildman–Crippen MR) is 150 cm³/mol. The Kier molecular flexibility index (Phi) is 6.59. The van der Waals surface area contributed by atoms with Crippen molar-refractivity contribution in [2.45, 2.75) is 13.8 Å². The lowest BCUT2D eigenvalue weighted by molar-refractivity contribution is 0.0844. The first-order chi connectivity index (χ1) is 19.8. The number of nitrogens with zero attached hydrogens (tertiary/aromatic N) is 3. The molecule has 0 unspecified atom stereocenters. The monoisotopic (exact) mass is 555 g/mol. The van der Waals surface area contributed by atoms with Gasteiger partial charge < -0.3 is 18.5 Å². The largest absolute Gasteiger partial charge is 0.442 e. The number of morpholine rings is 1. The fourth-order valence-corrected chi connectivity index (χ4v) is 4.86. The molecule has 5 aromatic rings. The highest BCUT2D eigenvalue weighted by Crippen LogP contribution is 2.26. The number of nitrogens with one attached hydrogen (secondary N) is 2. The number of hydrogen-bond donors (Lipinski definition) is 2. The molecule has 0 atom stereocenters. The number of ether oxygens (including phenoxy) is 1. The van der Waals surface area contributed by atoms with Crippen LogP contribution in [0.3, 0.4) is 0 Å². The molecule has 0 bridgehead atoms. The number of aryl methyl sites for hydroxylation is 2. The van der Waals surface area contributed by atoms with Gasteiger partial charge in [0.15, 0.2) is 0 Å². The maximum Gasteiger partial charge on any atom is 0.349 e. The fourth-order valence-electron chi connectivity index (χ4n) is 4.86. The molecule has 0 radical (unpaired) electrons. The van der Waals surface area contributed by atoms with Gasteiger partial charge in [-0.05, 0) is 43.7 Å². The highest BCUT2D eigenvalue weighted by molar-refractivity contribution is 6.07. The van der Waals surface area contributed by atoms with Gasteiger partial charge in [-0.3, -0.25) is 25.2 Å². The van der Waals surface area contributed by atoms with E-state index in [1.807, 2.05) is 30.0 Å². The first-order valence-corrected chi connectivity index (χ1v) is 12.9. The molecule has 1 aliphatic rings. The van der Waals surface area contributed by atoms with Crippen LogP contribution in [0, 0.1) is 13.8 Å². The first-order valence-electron chi connectivity index (χ1n) is 12.9. The number of furan rings is 1. The zero-order valence-corrected chi connectivity index (χ0v) is 22.2. The molecular weight excluding hydrogens is 530 g/mol. The molecule has 0 spiro atoms. The second-order valence-corrected chi connectivity index (χ2v) is 9.60. The molecule has 12 nitrogen and oxygen atoms in total. The van der Waals surface area contributed by atoms with Gasteiger partial charge in [-0.15, -0.1) is 0 Å². The van der Waals surface area contributed by atoms with Crippen LogP contribution in [0.5, 0.6) is 0 Å². The molecule has 2 amide bonds. The van der Waals surface area contributed by atoms with Crippen LogP contribution in [-0.4, -0.2) is 47.7 Å². The summed E-state index contributed by atoms with van der Waals surface area (Å²) < 4.78 is 17.9. The Balaban J connectivity index is 1.38. The van der Waals surface area contributed by atoms with Gasteiger partial charge in [-0.2, -0.15) is 4.98 Å². The Morgan fingerprint density at radius 1 is 0.902 bits per heavy atom. The molecule has 1 aliphatic heterocycles. The lowest BCUT2D eigenvalue weighted by Gasteiger charge is -2.29. The van der Waals surface area contributed by atoms with Gasteiger partial charge in [-0.25, -0.2) is 9.36 Å². The highest BCUT2D eigenvalue weighted by Gasteiger charge is 2.28. The zero-order chi connectivity index (χ0) is 28.7. The van der Waals surface area contributed by atoms with Crippen molar-refractivity contribution in [3.8, 4) is 5.69 Å². The number of amides is 2. The quantitative estimate of drug-likeness (QED) is 0.252. The van der Waals surface area contributed by atoms with Crippen molar-refractivity contribution >= 4 is 39.8 Å². The van der Waals surface area contributed by atoms with E-state index in [9.17, 15) is 19.2 Å². The van der Waals surface area contributed by atoms with Crippen molar-refractivity contribution in [3.63, 3.8) is 0 Å². The minimum atomic E-state index is -0.881.